The molecule has 1 aromatic rings. The van der Waals surface area contributed by atoms with Crippen LogP contribution in [0.1, 0.15) is 17.7 Å². The second kappa shape index (κ2) is 6.12. The van der Waals surface area contributed by atoms with Crippen LogP contribution in [0.5, 0.6) is 0 Å². The minimum absolute atomic E-state index is 0.343. The fourth-order valence-electron chi connectivity index (χ4n) is 1.86. The number of hydrogen-bond donors (Lipinski definition) is 2. The highest BCUT2D eigenvalue weighted by Gasteiger charge is 2.20. The number of sulfonamides is 1. The predicted molar refractivity (Wildman–Crippen MR) is 70.9 cm³/mol. The maximum Gasteiger partial charge on any atom is 0.250 e. The van der Waals surface area contributed by atoms with Crippen LogP contribution in [-0.4, -0.2) is 28.2 Å². The van der Waals surface area contributed by atoms with Crippen molar-refractivity contribution in [3.8, 4) is 0 Å². The quantitative estimate of drug-likeness (QED) is 0.844. The molecule has 102 valence electrons. The summed E-state index contributed by atoms with van der Waals surface area (Å²) in [7, 11) is -3.38. The topological polar surface area (TPSA) is 81.4 Å². The van der Waals surface area contributed by atoms with Gasteiger partial charge in [-0.05, 0) is 30.9 Å². The molecule has 2 rings (SSSR count). The van der Waals surface area contributed by atoms with Crippen molar-refractivity contribution < 1.29 is 13.2 Å². The minimum Gasteiger partial charge on any atom is -0.381 e. The Morgan fingerprint density at radius 2 is 2.11 bits per heavy atom. The molecule has 0 atom stereocenters. The van der Waals surface area contributed by atoms with Gasteiger partial charge < -0.3 is 10.5 Å². The summed E-state index contributed by atoms with van der Waals surface area (Å²) in [5.41, 5.74) is 5.48. The summed E-state index contributed by atoms with van der Waals surface area (Å²) >= 11 is 1.23. The van der Waals surface area contributed by atoms with Gasteiger partial charge in [0.25, 0.3) is 0 Å². The van der Waals surface area contributed by atoms with Gasteiger partial charge >= 0.3 is 0 Å². The molecule has 1 aromatic heterocycles. The number of nitrogens with two attached hydrogens (primary N) is 1. The lowest BCUT2D eigenvalue weighted by atomic mass is 10.0. The summed E-state index contributed by atoms with van der Waals surface area (Å²) in [5.74, 6) is 0.377. The number of thiophene rings is 1. The molecule has 1 aliphatic heterocycles. The van der Waals surface area contributed by atoms with Crippen LogP contribution in [0.25, 0.3) is 0 Å². The third kappa shape index (κ3) is 3.52. The first kappa shape index (κ1) is 14.0. The van der Waals surface area contributed by atoms with E-state index in [1.54, 1.807) is 12.1 Å². The third-order valence-corrected chi connectivity index (χ3v) is 6.03. The van der Waals surface area contributed by atoms with Crippen molar-refractivity contribution in [1.82, 2.24) is 4.72 Å². The molecule has 0 radical (unpaired) electrons. The molecule has 18 heavy (non-hydrogen) atoms. The van der Waals surface area contributed by atoms with Gasteiger partial charge in [-0.15, -0.1) is 11.3 Å². The lowest BCUT2D eigenvalue weighted by Crippen LogP contribution is -2.31. The van der Waals surface area contributed by atoms with Gasteiger partial charge in [0.05, 0.1) is 0 Å². The first-order valence-electron chi connectivity index (χ1n) is 5.98. The van der Waals surface area contributed by atoms with Crippen molar-refractivity contribution in [1.29, 1.82) is 0 Å². The van der Waals surface area contributed by atoms with E-state index in [-0.39, 0.29) is 0 Å². The van der Waals surface area contributed by atoms with Gasteiger partial charge in [-0.3, -0.25) is 0 Å². The lowest BCUT2D eigenvalue weighted by molar-refractivity contribution is 0.0678. The number of ether oxygens (including phenoxy) is 1. The molecular formula is C11H18N2O3S2. The van der Waals surface area contributed by atoms with Crippen LogP contribution in [-0.2, 0) is 21.3 Å². The molecular weight excluding hydrogens is 272 g/mol. The van der Waals surface area contributed by atoms with Crippen LogP contribution < -0.4 is 10.5 Å². The van der Waals surface area contributed by atoms with Gasteiger partial charge in [-0.1, -0.05) is 0 Å². The van der Waals surface area contributed by atoms with Crippen molar-refractivity contribution in [2.24, 2.45) is 11.7 Å². The Kier molecular flexibility index (Phi) is 4.74. The molecule has 0 aromatic carbocycles. The van der Waals surface area contributed by atoms with E-state index in [1.807, 2.05) is 0 Å². The molecule has 1 aliphatic rings. The lowest BCUT2D eigenvalue weighted by Gasteiger charge is -2.21. The maximum absolute atomic E-state index is 12.0. The monoisotopic (exact) mass is 290 g/mol. The van der Waals surface area contributed by atoms with Crippen molar-refractivity contribution in [2.75, 3.05) is 19.8 Å². The highest BCUT2D eigenvalue weighted by molar-refractivity contribution is 7.91. The normalized spacial score (nSPS) is 18.1. The predicted octanol–water partition coefficient (Wildman–Crippen LogP) is 0.912. The molecule has 0 bridgehead atoms. The van der Waals surface area contributed by atoms with Crippen LogP contribution >= 0.6 is 11.3 Å². The average molecular weight is 290 g/mol. The van der Waals surface area contributed by atoms with E-state index in [2.05, 4.69) is 4.72 Å². The minimum atomic E-state index is -3.38. The second-order valence-corrected chi connectivity index (χ2v) is 7.49. The molecule has 2 heterocycles. The molecule has 0 amide bonds. The van der Waals surface area contributed by atoms with E-state index >= 15 is 0 Å². The zero-order valence-electron chi connectivity index (χ0n) is 10.1. The molecule has 0 spiro atoms. The van der Waals surface area contributed by atoms with E-state index in [0.717, 1.165) is 30.9 Å². The van der Waals surface area contributed by atoms with Crippen LogP contribution in [0, 0.1) is 5.92 Å². The highest BCUT2D eigenvalue weighted by Crippen LogP contribution is 2.21. The Hall–Kier alpha value is -0.470. The summed E-state index contributed by atoms with van der Waals surface area (Å²) in [4.78, 5) is 0.876. The second-order valence-electron chi connectivity index (χ2n) is 4.33. The Morgan fingerprint density at radius 3 is 2.72 bits per heavy atom. The Labute approximate surface area is 111 Å². The Morgan fingerprint density at radius 1 is 1.39 bits per heavy atom. The van der Waals surface area contributed by atoms with Gasteiger partial charge in [-0.2, -0.15) is 0 Å². The maximum atomic E-state index is 12.0. The smallest absolute Gasteiger partial charge is 0.250 e. The third-order valence-electron chi connectivity index (χ3n) is 3.01. The summed E-state index contributed by atoms with van der Waals surface area (Å²) in [6.45, 7) is 2.31. The fourth-order valence-corrected chi connectivity index (χ4v) is 4.26. The summed E-state index contributed by atoms with van der Waals surface area (Å²) in [6.07, 6.45) is 1.84. The molecule has 1 fully saturated rings. The van der Waals surface area contributed by atoms with E-state index in [9.17, 15) is 8.42 Å². The summed E-state index contributed by atoms with van der Waals surface area (Å²) in [6, 6.07) is 3.37. The summed E-state index contributed by atoms with van der Waals surface area (Å²) < 4.78 is 32.3. The molecule has 7 heteroatoms. The van der Waals surface area contributed by atoms with Gasteiger partial charge in [0.1, 0.15) is 4.21 Å². The molecule has 5 nitrogen and oxygen atoms in total. The first-order valence-corrected chi connectivity index (χ1v) is 8.28. The molecule has 3 N–H and O–H groups in total. The van der Waals surface area contributed by atoms with Crippen molar-refractivity contribution >= 4 is 21.4 Å². The average Bonchev–Trinajstić information content (AvgIpc) is 2.87. The van der Waals surface area contributed by atoms with E-state index in [0.29, 0.717) is 23.2 Å². The fraction of sp³-hybridized carbons (Fsp3) is 0.636. The Bertz CT molecular complexity index is 478. The molecule has 0 unspecified atom stereocenters. The summed E-state index contributed by atoms with van der Waals surface area (Å²) in [5, 5.41) is 0. The van der Waals surface area contributed by atoms with Crippen molar-refractivity contribution in [2.45, 2.75) is 23.6 Å². The SMILES string of the molecule is NCc1ccc(S(=O)(=O)NCC2CCOCC2)s1. The van der Waals surface area contributed by atoms with E-state index in [1.165, 1.54) is 11.3 Å². The van der Waals surface area contributed by atoms with Gasteiger partial charge in [0, 0.05) is 31.2 Å². The first-order chi connectivity index (χ1) is 8.62. The van der Waals surface area contributed by atoms with Gasteiger partial charge in [0.2, 0.25) is 10.0 Å². The van der Waals surface area contributed by atoms with Crippen molar-refractivity contribution in [3.05, 3.63) is 17.0 Å². The van der Waals surface area contributed by atoms with Crippen LogP contribution in [0.2, 0.25) is 0 Å². The zero-order valence-corrected chi connectivity index (χ0v) is 11.7. The Balaban J connectivity index is 1.94. The van der Waals surface area contributed by atoms with Crippen LogP contribution in [0.3, 0.4) is 0 Å². The number of nitrogens with one attached hydrogen (secondary N) is 1. The van der Waals surface area contributed by atoms with E-state index in [4.69, 9.17) is 10.5 Å². The van der Waals surface area contributed by atoms with E-state index < -0.39 is 10.0 Å². The van der Waals surface area contributed by atoms with Crippen molar-refractivity contribution in [3.63, 3.8) is 0 Å². The highest BCUT2D eigenvalue weighted by atomic mass is 32.2. The number of rotatable bonds is 5. The zero-order chi connectivity index (χ0) is 13.0. The van der Waals surface area contributed by atoms with Crippen LogP contribution in [0.15, 0.2) is 16.3 Å². The largest absolute Gasteiger partial charge is 0.381 e. The van der Waals surface area contributed by atoms with Crippen LogP contribution in [0.4, 0.5) is 0 Å². The van der Waals surface area contributed by atoms with Gasteiger partial charge in [0.15, 0.2) is 0 Å². The number of hydrogen-bond acceptors (Lipinski definition) is 5. The standard InChI is InChI=1S/C11H18N2O3S2/c12-7-10-1-2-11(17-10)18(14,15)13-8-9-3-5-16-6-4-9/h1-2,9,13H,3-8,12H2. The van der Waals surface area contributed by atoms with Gasteiger partial charge in [-0.25, -0.2) is 13.1 Å². The molecule has 0 aliphatic carbocycles. The molecule has 1 saturated heterocycles. The molecule has 0 saturated carbocycles.